The van der Waals surface area contributed by atoms with Gasteiger partial charge >= 0.3 is 0 Å². The van der Waals surface area contributed by atoms with Gasteiger partial charge in [0.05, 0.1) is 28.8 Å². The van der Waals surface area contributed by atoms with Crippen molar-refractivity contribution in [2.75, 3.05) is 20.6 Å². The number of carbonyl (C=O) groups is 1. The van der Waals surface area contributed by atoms with E-state index in [4.69, 9.17) is 9.40 Å². The summed E-state index contributed by atoms with van der Waals surface area (Å²) in [5, 5.41) is 0.666. The van der Waals surface area contributed by atoms with E-state index in [1.807, 2.05) is 24.3 Å². The predicted octanol–water partition coefficient (Wildman–Crippen LogP) is 3.79. The van der Waals surface area contributed by atoms with Crippen LogP contribution in [0.5, 0.6) is 0 Å². The molecule has 4 heterocycles. The molecule has 0 aliphatic carbocycles. The third-order valence-corrected chi connectivity index (χ3v) is 6.37. The number of fused-ring (bicyclic) bond motifs is 2. The van der Waals surface area contributed by atoms with Gasteiger partial charge in [-0.2, -0.15) is 0 Å². The van der Waals surface area contributed by atoms with E-state index in [2.05, 4.69) is 15.0 Å². The Morgan fingerprint density at radius 3 is 2.91 bits per heavy atom. The van der Waals surface area contributed by atoms with Gasteiger partial charge in [0.15, 0.2) is 5.69 Å². The molecule has 1 aromatic carbocycles. The van der Waals surface area contributed by atoms with E-state index >= 15 is 0 Å². The second-order valence-electron chi connectivity index (χ2n) is 7.80. The van der Waals surface area contributed by atoms with Crippen molar-refractivity contribution in [3.05, 3.63) is 64.3 Å². The molecule has 1 amide bonds. The summed E-state index contributed by atoms with van der Waals surface area (Å²) in [4.78, 5) is 32.9. The van der Waals surface area contributed by atoms with E-state index < -0.39 is 29.8 Å². The number of carbonyl (C=O) groups excluding carboxylic acids is 1. The summed E-state index contributed by atoms with van der Waals surface area (Å²) in [6, 6.07) is 7.06. The Labute approximate surface area is 185 Å². The van der Waals surface area contributed by atoms with Gasteiger partial charge in [-0.25, -0.2) is 23.7 Å². The van der Waals surface area contributed by atoms with Gasteiger partial charge in [0.2, 0.25) is 11.7 Å². The van der Waals surface area contributed by atoms with Crippen LogP contribution in [0.2, 0.25) is 0 Å². The first-order chi connectivity index (χ1) is 15.4. The van der Waals surface area contributed by atoms with Crippen molar-refractivity contribution in [1.82, 2.24) is 29.7 Å². The van der Waals surface area contributed by atoms with Crippen molar-refractivity contribution in [2.24, 2.45) is 0 Å². The number of H-pyrrole nitrogens is 1. The quantitative estimate of drug-likeness (QED) is 0.489. The molecule has 0 bridgehead atoms. The van der Waals surface area contributed by atoms with Gasteiger partial charge in [-0.05, 0) is 26.2 Å². The van der Waals surface area contributed by atoms with Crippen LogP contribution >= 0.6 is 11.3 Å². The second kappa shape index (κ2) is 8.06. The smallest absolute Gasteiger partial charge is 0.292 e. The normalized spacial score (nSPS) is 16.3. The van der Waals surface area contributed by atoms with E-state index in [1.165, 1.54) is 16.2 Å². The highest BCUT2D eigenvalue weighted by Crippen LogP contribution is 2.39. The first-order valence-electron chi connectivity index (χ1n) is 10.0. The number of thiazole rings is 1. The van der Waals surface area contributed by atoms with Gasteiger partial charge in [0.25, 0.3) is 12.3 Å². The zero-order valence-electron chi connectivity index (χ0n) is 17.4. The first-order valence-corrected chi connectivity index (χ1v) is 10.8. The van der Waals surface area contributed by atoms with Crippen molar-refractivity contribution >= 4 is 27.5 Å². The number of nitrogens with one attached hydrogen (secondary N) is 1. The van der Waals surface area contributed by atoms with Crippen LogP contribution in [0.3, 0.4) is 0 Å². The van der Waals surface area contributed by atoms with Crippen molar-refractivity contribution in [1.29, 1.82) is 0 Å². The Balaban J connectivity index is 1.59. The molecule has 0 saturated carbocycles. The zero-order valence-corrected chi connectivity index (χ0v) is 18.2. The lowest BCUT2D eigenvalue weighted by Crippen LogP contribution is -2.41. The number of oxazole rings is 1. The number of hydrogen-bond donors (Lipinski definition) is 1. The molecule has 5 rings (SSSR count). The number of rotatable bonds is 5. The minimum absolute atomic E-state index is 0.0719. The van der Waals surface area contributed by atoms with Gasteiger partial charge in [-0.3, -0.25) is 4.79 Å². The molecule has 3 aromatic heterocycles. The van der Waals surface area contributed by atoms with Crippen LogP contribution in [0.25, 0.3) is 10.2 Å². The average molecular weight is 458 g/mol. The van der Waals surface area contributed by atoms with E-state index in [9.17, 15) is 13.6 Å². The summed E-state index contributed by atoms with van der Waals surface area (Å²) in [7, 11) is 3.53. The number of benzene rings is 1. The summed E-state index contributed by atoms with van der Waals surface area (Å²) >= 11 is 1.45. The minimum atomic E-state index is -2.93. The molecule has 0 radical (unpaired) electrons. The number of nitrogens with zero attached hydrogens (tertiary/aromatic N) is 5. The lowest BCUT2D eigenvalue weighted by atomic mass is 10.0. The number of aromatic amines is 1. The maximum atomic E-state index is 13.7. The fourth-order valence-electron chi connectivity index (χ4n) is 3.90. The minimum Gasteiger partial charge on any atom is -0.434 e. The number of imidazole rings is 1. The monoisotopic (exact) mass is 458 g/mol. The molecule has 0 spiro atoms. The first kappa shape index (κ1) is 20.7. The molecule has 0 unspecified atom stereocenters. The Morgan fingerprint density at radius 2 is 2.16 bits per heavy atom. The Morgan fingerprint density at radius 1 is 1.34 bits per heavy atom. The molecule has 1 atom stereocenters. The number of amides is 1. The summed E-state index contributed by atoms with van der Waals surface area (Å²) in [6.45, 7) is 0.513. The molecule has 1 aliphatic heterocycles. The fraction of sp³-hybridized carbons (Fsp3) is 0.333. The summed E-state index contributed by atoms with van der Waals surface area (Å²) in [6.07, 6.45) is -0.835. The van der Waals surface area contributed by atoms with Gasteiger partial charge in [-0.15, -0.1) is 11.3 Å². The lowest BCUT2D eigenvalue weighted by Gasteiger charge is -2.33. The molecular formula is C21H20F2N6O2S. The number of aromatic nitrogens is 4. The fourth-order valence-corrected chi connectivity index (χ4v) is 4.98. The number of para-hydroxylation sites is 1. The van der Waals surface area contributed by atoms with Crippen LogP contribution in [0, 0.1) is 0 Å². The van der Waals surface area contributed by atoms with E-state index in [-0.39, 0.29) is 12.4 Å². The van der Waals surface area contributed by atoms with Gasteiger partial charge in [-0.1, -0.05) is 12.1 Å². The summed E-state index contributed by atoms with van der Waals surface area (Å²) < 4.78 is 34.0. The third-order valence-electron chi connectivity index (χ3n) is 5.28. The molecule has 4 aromatic rings. The van der Waals surface area contributed by atoms with E-state index in [0.717, 1.165) is 15.9 Å². The standard InChI is InChI=1S/C21H20F2N6O2S/c1-28(2)9-14-27-16(19(22)23)18(31-14)21(30)29-8-7-12-15(25-10-24-12)17(29)20-26-11-5-3-4-6-13(11)32-20/h3-6,10,17,19H,7-9H2,1-2H3,(H,24,25)/t17-/m0/s1. The van der Waals surface area contributed by atoms with Crippen LogP contribution in [-0.2, 0) is 13.0 Å². The molecule has 1 aliphatic rings. The maximum absolute atomic E-state index is 13.7. The van der Waals surface area contributed by atoms with Gasteiger partial charge in [0, 0.05) is 18.7 Å². The summed E-state index contributed by atoms with van der Waals surface area (Å²) in [5.41, 5.74) is 1.74. The lowest BCUT2D eigenvalue weighted by molar-refractivity contribution is 0.0639. The van der Waals surface area contributed by atoms with E-state index in [0.29, 0.717) is 23.7 Å². The molecule has 0 saturated heterocycles. The molecule has 166 valence electrons. The van der Waals surface area contributed by atoms with Crippen LogP contribution in [0.4, 0.5) is 8.78 Å². The third kappa shape index (κ3) is 3.56. The number of alkyl halides is 2. The van der Waals surface area contributed by atoms with Crippen molar-refractivity contribution in [3.63, 3.8) is 0 Å². The summed E-state index contributed by atoms with van der Waals surface area (Å²) in [5.74, 6) is -1.000. The largest absolute Gasteiger partial charge is 0.434 e. The number of halogens is 2. The number of hydrogen-bond acceptors (Lipinski definition) is 7. The topological polar surface area (TPSA) is 91.2 Å². The highest BCUT2D eigenvalue weighted by molar-refractivity contribution is 7.18. The SMILES string of the molecule is CN(C)Cc1nc(C(F)F)c(C(=O)N2CCc3[nH]cnc3[C@H]2c2nc3ccccc3s2)o1. The molecule has 32 heavy (non-hydrogen) atoms. The van der Waals surface area contributed by atoms with E-state index in [1.54, 1.807) is 25.3 Å². The van der Waals surface area contributed by atoms with Crippen molar-refractivity contribution in [2.45, 2.75) is 25.4 Å². The Hall–Kier alpha value is -3.18. The van der Waals surface area contributed by atoms with Crippen molar-refractivity contribution in [3.8, 4) is 0 Å². The van der Waals surface area contributed by atoms with Crippen LogP contribution < -0.4 is 0 Å². The molecule has 8 nitrogen and oxygen atoms in total. The maximum Gasteiger partial charge on any atom is 0.292 e. The average Bonchev–Trinajstić information content (AvgIpc) is 3.49. The predicted molar refractivity (Wildman–Crippen MR) is 114 cm³/mol. The Bertz CT molecular complexity index is 1250. The van der Waals surface area contributed by atoms with Crippen molar-refractivity contribution < 1.29 is 18.0 Å². The zero-order chi connectivity index (χ0) is 22.4. The van der Waals surface area contributed by atoms with Crippen LogP contribution in [0.1, 0.15) is 51.0 Å². The van der Waals surface area contributed by atoms with Gasteiger partial charge in [0.1, 0.15) is 11.0 Å². The Kier molecular flexibility index (Phi) is 5.22. The van der Waals surface area contributed by atoms with Gasteiger partial charge < -0.3 is 19.2 Å². The van der Waals surface area contributed by atoms with Crippen LogP contribution in [-0.4, -0.2) is 56.3 Å². The highest BCUT2D eigenvalue weighted by atomic mass is 32.1. The van der Waals surface area contributed by atoms with Crippen LogP contribution in [0.15, 0.2) is 35.0 Å². The second-order valence-corrected chi connectivity index (χ2v) is 8.86. The molecule has 1 N–H and O–H groups in total. The highest BCUT2D eigenvalue weighted by Gasteiger charge is 2.40. The molecule has 0 fully saturated rings. The molecular weight excluding hydrogens is 438 g/mol. The molecule has 11 heteroatoms.